The maximum Gasteiger partial charge on any atom is 0.573 e. The van der Waals surface area contributed by atoms with Crippen molar-refractivity contribution < 1.29 is 17.9 Å². The second-order valence-corrected chi connectivity index (χ2v) is 4.62. The number of benzene rings is 2. The van der Waals surface area contributed by atoms with E-state index < -0.39 is 6.36 Å². The number of alkyl halides is 3. The minimum absolute atomic E-state index is 0.210. The number of nitrogens with zero attached hydrogens (tertiary/aromatic N) is 1. The van der Waals surface area contributed by atoms with E-state index in [1.165, 1.54) is 17.7 Å². The molecule has 2 aromatic rings. The first-order chi connectivity index (χ1) is 9.94. The van der Waals surface area contributed by atoms with Crippen molar-refractivity contribution in [1.29, 1.82) is 0 Å². The monoisotopic (exact) mass is 294 g/mol. The Morgan fingerprint density at radius 2 is 1.67 bits per heavy atom. The van der Waals surface area contributed by atoms with Gasteiger partial charge in [-0.15, -0.1) is 13.2 Å². The molecule has 21 heavy (non-hydrogen) atoms. The summed E-state index contributed by atoms with van der Waals surface area (Å²) < 4.78 is 40.1. The largest absolute Gasteiger partial charge is 0.573 e. The Morgan fingerprint density at radius 3 is 2.24 bits per heavy atom. The molecule has 0 fully saturated rings. The summed E-state index contributed by atoms with van der Waals surface area (Å²) in [6.45, 7) is 0.767. The van der Waals surface area contributed by atoms with Crippen molar-refractivity contribution in [2.24, 2.45) is 0 Å². The molecule has 2 nitrogen and oxygen atoms in total. The molecule has 0 N–H and O–H groups in total. The highest BCUT2D eigenvalue weighted by atomic mass is 19.4. The zero-order chi connectivity index (χ0) is 15.3. The standard InChI is InChI=1S/C16H15F3NO/c1-20(12-11-13-5-3-2-4-6-13)14-7-9-15(10-8-14)21-16(17,18)19/h3-10H,11-12H2,1H3. The molecule has 0 saturated heterocycles. The lowest BCUT2D eigenvalue weighted by molar-refractivity contribution is -0.274. The van der Waals surface area contributed by atoms with Gasteiger partial charge in [0.05, 0.1) is 0 Å². The van der Waals surface area contributed by atoms with Crippen LogP contribution < -0.4 is 9.64 Å². The third kappa shape index (κ3) is 5.02. The Bertz CT molecular complexity index is 552. The summed E-state index contributed by atoms with van der Waals surface area (Å²) in [5.41, 5.74) is 2.03. The van der Waals surface area contributed by atoms with E-state index >= 15 is 0 Å². The van der Waals surface area contributed by atoms with Crippen LogP contribution in [-0.4, -0.2) is 20.0 Å². The van der Waals surface area contributed by atoms with Gasteiger partial charge >= 0.3 is 6.36 Å². The quantitative estimate of drug-likeness (QED) is 0.824. The van der Waals surface area contributed by atoms with Crippen LogP contribution in [0.25, 0.3) is 0 Å². The van der Waals surface area contributed by atoms with Crippen LogP contribution in [0.2, 0.25) is 0 Å². The minimum Gasteiger partial charge on any atom is -0.406 e. The molecule has 111 valence electrons. The summed E-state index contributed by atoms with van der Waals surface area (Å²) in [6.07, 6.45) is -3.80. The summed E-state index contributed by atoms with van der Waals surface area (Å²) >= 11 is 0. The molecule has 2 rings (SSSR count). The first kappa shape index (κ1) is 15.2. The van der Waals surface area contributed by atoms with Crippen molar-refractivity contribution in [3.05, 3.63) is 60.2 Å². The van der Waals surface area contributed by atoms with E-state index in [-0.39, 0.29) is 5.75 Å². The van der Waals surface area contributed by atoms with Crippen molar-refractivity contribution >= 4 is 5.69 Å². The molecule has 0 aliphatic rings. The van der Waals surface area contributed by atoms with Gasteiger partial charge in [-0.1, -0.05) is 24.3 Å². The van der Waals surface area contributed by atoms with Crippen LogP contribution in [0.15, 0.2) is 48.5 Å². The molecule has 0 amide bonds. The molecule has 0 aromatic heterocycles. The number of rotatable bonds is 5. The van der Waals surface area contributed by atoms with Gasteiger partial charge in [-0.3, -0.25) is 0 Å². The lowest BCUT2D eigenvalue weighted by atomic mass is 10.1. The Hall–Kier alpha value is -2.17. The Morgan fingerprint density at radius 1 is 1.05 bits per heavy atom. The van der Waals surface area contributed by atoms with Crippen LogP contribution in [0.4, 0.5) is 18.9 Å². The molecule has 0 aliphatic heterocycles. The molecule has 0 unspecified atom stereocenters. The second-order valence-electron chi connectivity index (χ2n) is 4.62. The summed E-state index contributed by atoms with van der Waals surface area (Å²) in [5, 5.41) is 0. The molecule has 0 aliphatic carbocycles. The number of hydrogen-bond acceptors (Lipinski definition) is 2. The van der Waals surface area contributed by atoms with Gasteiger partial charge in [0.1, 0.15) is 5.75 Å². The lowest BCUT2D eigenvalue weighted by Gasteiger charge is -2.19. The van der Waals surface area contributed by atoms with Crippen molar-refractivity contribution in [1.82, 2.24) is 0 Å². The van der Waals surface area contributed by atoms with Crippen molar-refractivity contribution in [2.75, 3.05) is 18.5 Å². The molecule has 5 heteroatoms. The number of likely N-dealkylation sites (N-methyl/N-ethyl adjacent to an activating group) is 1. The van der Waals surface area contributed by atoms with E-state index in [9.17, 15) is 13.2 Å². The van der Waals surface area contributed by atoms with Crippen LogP contribution in [0, 0.1) is 6.07 Å². The molecule has 0 heterocycles. The molecule has 0 spiro atoms. The molecule has 0 bridgehead atoms. The average Bonchev–Trinajstić information content (AvgIpc) is 2.45. The zero-order valence-electron chi connectivity index (χ0n) is 11.5. The number of halogens is 3. The smallest absolute Gasteiger partial charge is 0.406 e. The molecule has 2 aromatic carbocycles. The fourth-order valence-electron chi connectivity index (χ4n) is 1.92. The molecule has 0 saturated carbocycles. The van der Waals surface area contributed by atoms with Crippen molar-refractivity contribution in [2.45, 2.75) is 12.8 Å². The molecular formula is C16H15F3NO. The zero-order valence-corrected chi connectivity index (χ0v) is 11.5. The highest BCUT2D eigenvalue weighted by molar-refractivity contribution is 5.48. The maximum atomic E-state index is 12.1. The average molecular weight is 294 g/mol. The highest BCUT2D eigenvalue weighted by Crippen LogP contribution is 2.25. The fraction of sp³-hybridized carbons (Fsp3) is 0.250. The fourth-order valence-corrected chi connectivity index (χ4v) is 1.92. The summed E-state index contributed by atoms with van der Waals surface area (Å²) in [7, 11) is 1.90. The minimum atomic E-state index is -4.66. The maximum absolute atomic E-state index is 12.1. The van der Waals surface area contributed by atoms with Gasteiger partial charge in [0.25, 0.3) is 0 Å². The van der Waals surface area contributed by atoms with E-state index in [2.05, 4.69) is 10.8 Å². The van der Waals surface area contributed by atoms with Crippen LogP contribution in [-0.2, 0) is 6.42 Å². The predicted molar refractivity (Wildman–Crippen MR) is 75.4 cm³/mol. The summed E-state index contributed by atoms with van der Waals surface area (Å²) in [4.78, 5) is 1.98. The van der Waals surface area contributed by atoms with Gasteiger partial charge < -0.3 is 9.64 Å². The lowest BCUT2D eigenvalue weighted by Crippen LogP contribution is -2.20. The van der Waals surface area contributed by atoms with Gasteiger partial charge in [-0.25, -0.2) is 0 Å². The van der Waals surface area contributed by atoms with Crippen LogP contribution in [0.3, 0.4) is 0 Å². The Kier molecular flexibility index (Phi) is 4.73. The van der Waals surface area contributed by atoms with Crippen LogP contribution in [0.1, 0.15) is 5.56 Å². The SMILES string of the molecule is CN(CCc1cc[c]cc1)c1ccc(OC(F)(F)F)cc1. The number of anilines is 1. The third-order valence-electron chi connectivity index (χ3n) is 3.03. The van der Waals surface area contributed by atoms with Crippen molar-refractivity contribution in [3.8, 4) is 5.75 Å². The van der Waals surface area contributed by atoms with E-state index in [1.54, 1.807) is 12.1 Å². The van der Waals surface area contributed by atoms with Gasteiger partial charge in [0.15, 0.2) is 0 Å². The van der Waals surface area contributed by atoms with E-state index in [0.717, 1.165) is 18.7 Å². The number of ether oxygens (including phenoxy) is 1. The summed E-state index contributed by atoms with van der Waals surface area (Å²) in [5.74, 6) is -0.210. The van der Waals surface area contributed by atoms with Gasteiger partial charge in [0.2, 0.25) is 0 Å². The Balaban J connectivity index is 1.92. The summed E-state index contributed by atoms with van der Waals surface area (Å²) in [6, 6.07) is 16.5. The normalized spacial score (nSPS) is 11.2. The van der Waals surface area contributed by atoms with E-state index in [0.29, 0.717) is 0 Å². The molecular weight excluding hydrogens is 279 g/mol. The molecule has 0 atom stereocenters. The first-order valence-corrected chi connectivity index (χ1v) is 6.46. The highest BCUT2D eigenvalue weighted by Gasteiger charge is 2.30. The number of hydrogen-bond donors (Lipinski definition) is 0. The van der Waals surface area contributed by atoms with Gasteiger partial charge in [0, 0.05) is 19.3 Å². The first-order valence-electron chi connectivity index (χ1n) is 6.46. The third-order valence-corrected chi connectivity index (χ3v) is 3.03. The van der Waals surface area contributed by atoms with E-state index in [4.69, 9.17) is 0 Å². The topological polar surface area (TPSA) is 12.5 Å². The predicted octanol–water partition coefficient (Wildman–Crippen LogP) is 4.06. The second kappa shape index (κ2) is 6.52. The Labute approximate surface area is 121 Å². The van der Waals surface area contributed by atoms with Gasteiger partial charge in [-0.05, 0) is 42.3 Å². The van der Waals surface area contributed by atoms with Crippen molar-refractivity contribution in [3.63, 3.8) is 0 Å². The van der Waals surface area contributed by atoms with Crippen LogP contribution in [0.5, 0.6) is 5.75 Å². The van der Waals surface area contributed by atoms with E-state index in [1.807, 2.05) is 36.2 Å². The van der Waals surface area contributed by atoms with Crippen LogP contribution >= 0.6 is 0 Å². The van der Waals surface area contributed by atoms with Gasteiger partial charge in [-0.2, -0.15) is 0 Å². The molecule has 1 radical (unpaired) electrons.